The Morgan fingerprint density at radius 3 is 2.47 bits per heavy atom. The normalized spacial score (nSPS) is 16.0. The molecule has 0 unspecified atom stereocenters. The minimum absolute atomic E-state index is 0.0706. The fraction of sp³-hybridized carbons (Fsp3) is 0.231. The van der Waals surface area contributed by atoms with Gasteiger partial charge in [-0.2, -0.15) is 0 Å². The Hall–Kier alpha value is -3.40. The van der Waals surface area contributed by atoms with E-state index in [-0.39, 0.29) is 17.7 Å². The maximum atomic E-state index is 12.6. The zero-order valence-electron chi connectivity index (χ0n) is 16.9. The van der Waals surface area contributed by atoms with E-state index in [1.807, 2.05) is 54.6 Å². The molecule has 4 nitrogen and oxygen atoms in total. The van der Waals surface area contributed by atoms with Gasteiger partial charge in [0.15, 0.2) is 0 Å². The summed E-state index contributed by atoms with van der Waals surface area (Å²) >= 11 is 0. The van der Waals surface area contributed by atoms with Crippen molar-refractivity contribution in [2.75, 3.05) is 6.54 Å². The second-order valence-corrected chi connectivity index (χ2v) is 7.78. The summed E-state index contributed by atoms with van der Waals surface area (Å²) in [5, 5.41) is 5.93. The van der Waals surface area contributed by atoms with E-state index in [0.717, 1.165) is 48.1 Å². The summed E-state index contributed by atoms with van der Waals surface area (Å²) in [5.41, 5.74) is 4.95. The van der Waals surface area contributed by atoms with E-state index in [4.69, 9.17) is 0 Å². The summed E-state index contributed by atoms with van der Waals surface area (Å²) in [6.45, 7) is 1.30. The number of amides is 2. The maximum Gasteiger partial charge on any atom is 0.251 e. The molecular formula is C26H26N2O2. The minimum Gasteiger partial charge on any atom is -0.356 e. The third kappa shape index (κ3) is 4.95. The topological polar surface area (TPSA) is 58.2 Å². The molecule has 2 amide bonds. The van der Waals surface area contributed by atoms with Gasteiger partial charge in [-0.1, -0.05) is 66.7 Å². The molecule has 1 saturated heterocycles. The number of nitrogens with one attached hydrogen (secondary N) is 2. The lowest BCUT2D eigenvalue weighted by Crippen LogP contribution is -2.37. The monoisotopic (exact) mass is 398 g/mol. The lowest BCUT2D eigenvalue weighted by molar-refractivity contribution is -0.126. The largest absolute Gasteiger partial charge is 0.356 e. The number of piperidine rings is 1. The molecule has 30 heavy (non-hydrogen) atoms. The number of hydrogen-bond acceptors (Lipinski definition) is 2. The van der Waals surface area contributed by atoms with Gasteiger partial charge in [0.05, 0.1) is 0 Å². The van der Waals surface area contributed by atoms with Crippen molar-refractivity contribution in [1.29, 1.82) is 0 Å². The quantitative estimate of drug-likeness (QED) is 0.648. The molecule has 0 spiro atoms. The van der Waals surface area contributed by atoms with Gasteiger partial charge in [0, 0.05) is 24.6 Å². The second kappa shape index (κ2) is 9.40. The Balaban J connectivity index is 1.41. The number of benzene rings is 3. The highest BCUT2D eigenvalue weighted by molar-refractivity contribution is 5.95. The van der Waals surface area contributed by atoms with Crippen LogP contribution in [0.3, 0.4) is 0 Å². The molecular weight excluding hydrogens is 372 g/mol. The second-order valence-electron chi connectivity index (χ2n) is 7.78. The zero-order chi connectivity index (χ0) is 20.8. The van der Waals surface area contributed by atoms with Crippen molar-refractivity contribution >= 4 is 11.8 Å². The first kappa shape index (κ1) is 19.9. The van der Waals surface area contributed by atoms with E-state index in [0.29, 0.717) is 12.1 Å². The molecule has 0 radical (unpaired) electrons. The van der Waals surface area contributed by atoms with Crippen LogP contribution >= 0.6 is 0 Å². The van der Waals surface area contributed by atoms with Crippen molar-refractivity contribution < 1.29 is 9.59 Å². The van der Waals surface area contributed by atoms with E-state index < -0.39 is 0 Å². The molecule has 0 aromatic heterocycles. The van der Waals surface area contributed by atoms with Gasteiger partial charge in [0.1, 0.15) is 0 Å². The first-order valence-electron chi connectivity index (χ1n) is 10.5. The fourth-order valence-electron chi connectivity index (χ4n) is 3.87. The van der Waals surface area contributed by atoms with E-state index in [1.165, 1.54) is 0 Å². The molecule has 4 rings (SSSR count). The van der Waals surface area contributed by atoms with Gasteiger partial charge >= 0.3 is 0 Å². The predicted molar refractivity (Wildman–Crippen MR) is 119 cm³/mol. The van der Waals surface area contributed by atoms with Gasteiger partial charge in [-0.05, 0) is 53.6 Å². The Bertz CT molecular complexity index is 1010. The van der Waals surface area contributed by atoms with E-state index >= 15 is 0 Å². The van der Waals surface area contributed by atoms with Crippen LogP contribution in [0.5, 0.6) is 0 Å². The number of hydrogen-bond donors (Lipinski definition) is 2. The molecule has 0 saturated carbocycles. The molecule has 2 N–H and O–H groups in total. The highest BCUT2D eigenvalue weighted by Crippen LogP contribution is 2.23. The van der Waals surface area contributed by atoms with Crippen molar-refractivity contribution in [3.05, 3.63) is 95.6 Å². The van der Waals surface area contributed by atoms with Gasteiger partial charge in [-0.3, -0.25) is 9.59 Å². The molecule has 4 heteroatoms. The number of rotatable bonds is 6. The van der Waals surface area contributed by atoms with Crippen LogP contribution in [0.4, 0.5) is 0 Å². The van der Waals surface area contributed by atoms with Crippen molar-refractivity contribution in [1.82, 2.24) is 10.6 Å². The van der Waals surface area contributed by atoms with Gasteiger partial charge < -0.3 is 10.6 Å². The average Bonchev–Trinajstić information content (AvgIpc) is 2.80. The molecule has 0 aliphatic carbocycles. The fourth-order valence-corrected chi connectivity index (χ4v) is 3.87. The van der Waals surface area contributed by atoms with Crippen molar-refractivity contribution in [3.63, 3.8) is 0 Å². The van der Waals surface area contributed by atoms with Crippen LogP contribution < -0.4 is 10.6 Å². The molecule has 1 aliphatic heterocycles. The molecule has 3 aromatic carbocycles. The van der Waals surface area contributed by atoms with Crippen molar-refractivity contribution in [3.8, 4) is 11.1 Å². The molecule has 3 aromatic rings. The summed E-state index contributed by atoms with van der Waals surface area (Å²) in [6.07, 6.45) is 2.77. The molecule has 1 heterocycles. The summed E-state index contributed by atoms with van der Waals surface area (Å²) < 4.78 is 0. The van der Waals surface area contributed by atoms with Crippen LogP contribution in [0.2, 0.25) is 0 Å². The summed E-state index contributed by atoms with van der Waals surface area (Å²) in [4.78, 5) is 24.5. The van der Waals surface area contributed by atoms with Crippen LogP contribution in [-0.2, 0) is 17.8 Å². The van der Waals surface area contributed by atoms with Crippen molar-refractivity contribution in [2.45, 2.75) is 25.8 Å². The smallest absolute Gasteiger partial charge is 0.251 e. The number of carbonyl (C=O) groups excluding carboxylic acids is 2. The highest BCUT2D eigenvalue weighted by atomic mass is 16.2. The first-order chi connectivity index (χ1) is 14.7. The molecule has 1 atom stereocenters. The lowest BCUT2D eigenvalue weighted by Gasteiger charge is -2.21. The van der Waals surface area contributed by atoms with Gasteiger partial charge in [-0.25, -0.2) is 0 Å². The third-order valence-electron chi connectivity index (χ3n) is 5.59. The van der Waals surface area contributed by atoms with E-state index in [2.05, 4.69) is 34.9 Å². The first-order valence-corrected chi connectivity index (χ1v) is 10.5. The van der Waals surface area contributed by atoms with Crippen molar-refractivity contribution in [2.24, 2.45) is 5.92 Å². The Labute approximate surface area is 177 Å². The Morgan fingerprint density at radius 2 is 1.70 bits per heavy atom. The van der Waals surface area contributed by atoms with Gasteiger partial charge in [0.25, 0.3) is 5.91 Å². The van der Waals surface area contributed by atoms with Crippen LogP contribution in [0.1, 0.15) is 34.3 Å². The molecule has 1 aliphatic rings. The highest BCUT2D eigenvalue weighted by Gasteiger charge is 2.21. The lowest BCUT2D eigenvalue weighted by atomic mass is 9.91. The molecule has 1 fully saturated rings. The van der Waals surface area contributed by atoms with E-state index in [9.17, 15) is 9.59 Å². The maximum absolute atomic E-state index is 12.6. The van der Waals surface area contributed by atoms with Gasteiger partial charge in [0.2, 0.25) is 5.91 Å². The summed E-state index contributed by atoms with van der Waals surface area (Å²) in [7, 11) is 0. The van der Waals surface area contributed by atoms with Crippen LogP contribution in [0, 0.1) is 5.92 Å². The van der Waals surface area contributed by atoms with Crippen LogP contribution in [0.25, 0.3) is 11.1 Å². The van der Waals surface area contributed by atoms with Crippen LogP contribution in [-0.4, -0.2) is 18.4 Å². The summed E-state index contributed by atoms with van der Waals surface area (Å²) in [6, 6.07) is 25.9. The SMILES string of the molecule is O=C(NCc1ccccc1)c1cccc(-c2ccc(C[C@@H]3CCCNC3=O)cc2)c1. The standard InChI is InChI=1S/C26H26N2O2/c29-25-23(10-5-15-27-25)16-19-11-13-21(14-12-19)22-8-4-9-24(17-22)26(30)28-18-20-6-2-1-3-7-20/h1-4,6-9,11-14,17,23H,5,10,15-16,18H2,(H,27,29)(H,28,30)/t23-/m0/s1. The van der Waals surface area contributed by atoms with E-state index in [1.54, 1.807) is 0 Å². The average molecular weight is 399 g/mol. The third-order valence-corrected chi connectivity index (χ3v) is 5.59. The van der Waals surface area contributed by atoms with Crippen LogP contribution in [0.15, 0.2) is 78.9 Å². The molecule has 152 valence electrons. The number of carbonyl (C=O) groups is 2. The Morgan fingerprint density at radius 1 is 0.900 bits per heavy atom. The Kier molecular flexibility index (Phi) is 6.23. The summed E-state index contributed by atoms with van der Waals surface area (Å²) in [5.74, 6) is 0.154. The predicted octanol–water partition coefficient (Wildman–Crippen LogP) is 4.35. The van der Waals surface area contributed by atoms with Gasteiger partial charge in [-0.15, -0.1) is 0 Å². The minimum atomic E-state index is -0.0827. The molecule has 0 bridgehead atoms. The zero-order valence-corrected chi connectivity index (χ0v) is 16.9.